The maximum atomic E-state index is 5.43. The molecule has 0 aromatic rings. The first-order valence-electron chi connectivity index (χ1n) is 6.27. The van der Waals surface area contributed by atoms with Crippen molar-refractivity contribution in [1.29, 1.82) is 0 Å². The van der Waals surface area contributed by atoms with Crippen LogP contribution in [0.25, 0.3) is 0 Å². The van der Waals surface area contributed by atoms with Gasteiger partial charge in [-0.25, -0.2) is 0 Å². The molecule has 1 heterocycles. The second-order valence-corrected chi connectivity index (χ2v) is 5.25. The molecule has 1 fully saturated rings. The van der Waals surface area contributed by atoms with Crippen molar-refractivity contribution in [3.05, 3.63) is 33.4 Å². The zero-order chi connectivity index (χ0) is 13.6. The van der Waals surface area contributed by atoms with Gasteiger partial charge in [0.15, 0.2) is 0 Å². The molecule has 0 amide bonds. The van der Waals surface area contributed by atoms with E-state index in [-0.39, 0.29) is 0 Å². The summed E-state index contributed by atoms with van der Waals surface area (Å²) >= 11 is 3.67. The van der Waals surface area contributed by atoms with Crippen LogP contribution in [0.5, 0.6) is 0 Å². The van der Waals surface area contributed by atoms with Gasteiger partial charge in [0.05, 0.1) is 13.2 Å². The van der Waals surface area contributed by atoms with Crippen LogP contribution in [0.4, 0.5) is 0 Å². The van der Waals surface area contributed by atoms with Gasteiger partial charge in [0.2, 0.25) is 0 Å². The Hall–Kier alpha value is -0.340. The molecular formula is C15H25BrO. The van der Waals surface area contributed by atoms with Crippen molar-refractivity contribution in [3.8, 4) is 0 Å². The zero-order valence-corrected chi connectivity index (χ0v) is 13.6. The first-order chi connectivity index (χ1) is 7.95. The van der Waals surface area contributed by atoms with Gasteiger partial charge >= 0.3 is 0 Å². The summed E-state index contributed by atoms with van der Waals surface area (Å²) < 4.78 is 6.64. The van der Waals surface area contributed by atoms with Crippen molar-refractivity contribution >= 4 is 15.9 Å². The van der Waals surface area contributed by atoms with Crippen LogP contribution < -0.4 is 0 Å². The van der Waals surface area contributed by atoms with E-state index in [1.807, 2.05) is 13.8 Å². The fourth-order valence-electron chi connectivity index (χ4n) is 1.74. The van der Waals surface area contributed by atoms with Crippen LogP contribution in [-0.4, -0.2) is 13.2 Å². The van der Waals surface area contributed by atoms with Crippen molar-refractivity contribution in [2.45, 2.75) is 41.5 Å². The summed E-state index contributed by atoms with van der Waals surface area (Å²) in [6.07, 6.45) is 0. The summed E-state index contributed by atoms with van der Waals surface area (Å²) in [5.74, 6) is 0.489. The highest BCUT2D eigenvalue weighted by molar-refractivity contribution is 9.12. The van der Waals surface area contributed by atoms with E-state index in [9.17, 15) is 0 Å². The van der Waals surface area contributed by atoms with E-state index in [1.54, 1.807) is 0 Å². The van der Waals surface area contributed by atoms with Gasteiger partial charge in [0.1, 0.15) is 0 Å². The Balaban J connectivity index is 0.00000121. The molecule has 0 atom stereocenters. The highest BCUT2D eigenvalue weighted by Crippen LogP contribution is 2.34. The van der Waals surface area contributed by atoms with Gasteiger partial charge in [-0.2, -0.15) is 0 Å². The fraction of sp³-hybridized carbons (Fsp3) is 0.600. The number of hydrogen-bond donors (Lipinski definition) is 0. The summed E-state index contributed by atoms with van der Waals surface area (Å²) in [4.78, 5) is 0. The van der Waals surface area contributed by atoms with Crippen LogP contribution in [0, 0.1) is 5.92 Å². The third kappa shape index (κ3) is 4.44. The lowest BCUT2D eigenvalue weighted by atomic mass is 9.93. The summed E-state index contributed by atoms with van der Waals surface area (Å²) in [7, 11) is 0. The molecule has 0 saturated carbocycles. The second kappa shape index (κ2) is 7.88. The smallest absolute Gasteiger partial charge is 0.0727 e. The van der Waals surface area contributed by atoms with E-state index in [0.717, 1.165) is 5.57 Å². The van der Waals surface area contributed by atoms with Crippen LogP contribution in [0.15, 0.2) is 33.4 Å². The maximum Gasteiger partial charge on any atom is 0.0727 e. The first-order valence-corrected chi connectivity index (χ1v) is 7.06. The lowest BCUT2D eigenvalue weighted by molar-refractivity contribution is 0.214. The van der Waals surface area contributed by atoms with Crippen LogP contribution in [-0.2, 0) is 4.74 Å². The standard InChI is InChI=1S/C13H19BrO.C2H6/c1-8(2)12(13(14)9(3)4)11-7-15-6-10(11)5;1-2/h8H,5-7H2,1-4H3;1-2H3/b12-11-;. The number of allylic oxidation sites excluding steroid dienone is 3. The number of ether oxygens (including phenoxy) is 1. The Morgan fingerprint density at radius 1 is 1.24 bits per heavy atom. The quantitative estimate of drug-likeness (QED) is 0.677. The molecule has 17 heavy (non-hydrogen) atoms. The number of hydrogen-bond acceptors (Lipinski definition) is 1. The first kappa shape index (κ1) is 16.7. The molecule has 1 rings (SSSR count). The van der Waals surface area contributed by atoms with Crippen molar-refractivity contribution in [3.63, 3.8) is 0 Å². The monoisotopic (exact) mass is 300 g/mol. The number of rotatable bonds is 2. The largest absolute Gasteiger partial charge is 0.372 e. The predicted molar refractivity (Wildman–Crippen MR) is 80.5 cm³/mol. The van der Waals surface area contributed by atoms with Gasteiger partial charge in [0, 0.05) is 4.48 Å². The molecule has 98 valence electrons. The van der Waals surface area contributed by atoms with Crippen LogP contribution in [0.3, 0.4) is 0 Å². The van der Waals surface area contributed by atoms with Crippen molar-refractivity contribution in [1.82, 2.24) is 0 Å². The van der Waals surface area contributed by atoms with Crippen LogP contribution in [0.1, 0.15) is 41.5 Å². The van der Waals surface area contributed by atoms with E-state index < -0.39 is 0 Å². The minimum atomic E-state index is 0.489. The van der Waals surface area contributed by atoms with Gasteiger partial charge in [-0.15, -0.1) is 0 Å². The molecule has 1 saturated heterocycles. The van der Waals surface area contributed by atoms with Crippen LogP contribution in [0.2, 0.25) is 0 Å². The molecule has 1 nitrogen and oxygen atoms in total. The summed E-state index contributed by atoms with van der Waals surface area (Å²) in [5.41, 5.74) is 5.04. The minimum Gasteiger partial charge on any atom is -0.372 e. The second-order valence-electron chi connectivity index (χ2n) is 4.46. The van der Waals surface area contributed by atoms with E-state index >= 15 is 0 Å². The van der Waals surface area contributed by atoms with E-state index in [0.29, 0.717) is 19.1 Å². The Morgan fingerprint density at radius 2 is 1.76 bits per heavy atom. The van der Waals surface area contributed by atoms with E-state index in [1.165, 1.54) is 21.2 Å². The Bertz CT molecular complexity index is 331. The molecule has 0 aromatic carbocycles. The van der Waals surface area contributed by atoms with Crippen molar-refractivity contribution < 1.29 is 4.74 Å². The zero-order valence-electron chi connectivity index (χ0n) is 12.0. The molecule has 0 aliphatic carbocycles. The predicted octanol–water partition coefficient (Wildman–Crippen LogP) is 5.24. The lowest BCUT2D eigenvalue weighted by Crippen LogP contribution is -2.02. The normalized spacial score (nSPS) is 17.8. The Morgan fingerprint density at radius 3 is 2.06 bits per heavy atom. The SMILES string of the molecule is C=C1COC/C1=C(/C(Br)=C(C)C)C(C)C.CC. The van der Waals surface area contributed by atoms with Gasteiger partial charge in [-0.05, 0) is 36.5 Å². The van der Waals surface area contributed by atoms with E-state index in [2.05, 4.69) is 50.2 Å². The highest BCUT2D eigenvalue weighted by atomic mass is 79.9. The summed E-state index contributed by atoms with van der Waals surface area (Å²) in [5, 5.41) is 0. The van der Waals surface area contributed by atoms with E-state index in [4.69, 9.17) is 4.74 Å². The topological polar surface area (TPSA) is 9.23 Å². The van der Waals surface area contributed by atoms with Gasteiger partial charge in [-0.1, -0.05) is 55.8 Å². The minimum absolute atomic E-state index is 0.489. The molecule has 0 N–H and O–H groups in total. The average molecular weight is 301 g/mol. The molecular weight excluding hydrogens is 276 g/mol. The van der Waals surface area contributed by atoms with Crippen LogP contribution >= 0.6 is 15.9 Å². The third-order valence-electron chi connectivity index (χ3n) is 2.53. The molecule has 0 spiro atoms. The average Bonchev–Trinajstić information content (AvgIpc) is 2.67. The molecule has 0 bridgehead atoms. The molecule has 2 heteroatoms. The molecule has 1 aliphatic rings. The summed E-state index contributed by atoms with van der Waals surface area (Å²) in [6.45, 7) is 18.1. The summed E-state index contributed by atoms with van der Waals surface area (Å²) in [6, 6.07) is 0. The Labute approximate surface area is 115 Å². The number of halogens is 1. The Kier molecular flexibility index (Phi) is 7.73. The third-order valence-corrected chi connectivity index (χ3v) is 3.75. The highest BCUT2D eigenvalue weighted by Gasteiger charge is 2.21. The molecule has 1 aliphatic heterocycles. The molecule has 0 radical (unpaired) electrons. The van der Waals surface area contributed by atoms with Gasteiger partial charge in [0.25, 0.3) is 0 Å². The lowest BCUT2D eigenvalue weighted by Gasteiger charge is -2.16. The maximum absolute atomic E-state index is 5.43. The molecule has 0 unspecified atom stereocenters. The molecule has 0 aromatic heterocycles. The van der Waals surface area contributed by atoms with Gasteiger partial charge in [-0.3, -0.25) is 0 Å². The van der Waals surface area contributed by atoms with Crippen molar-refractivity contribution in [2.24, 2.45) is 5.92 Å². The van der Waals surface area contributed by atoms with Crippen molar-refractivity contribution in [2.75, 3.05) is 13.2 Å². The fourth-order valence-corrected chi connectivity index (χ4v) is 2.43. The van der Waals surface area contributed by atoms with Gasteiger partial charge < -0.3 is 4.74 Å².